The molecule has 102 valence electrons. The van der Waals surface area contributed by atoms with Crippen molar-refractivity contribution in [3.05, 3.63) is 11.3 Å². The van der Waals surface area contributed by atoms with Gasteiger partial charge in [0.2, 0.25) is 0 Å². The zero-order chi connectivity index (χ0) is 13.3. The first-order valence-corrected chi connectivity index (χ1v) is 7.05. The van der Waals surface area contributed by atoms with Crippen LogP contribution < -0.4 is 10.6 Å². The summed E-state index contributed by atoms with van der Waals surface area (Å²) in [6.45, 7) is 8.86. The van der Waals surface area contributed by atoms with Gasteiger partial charge < -0.3 is 10.6 Å². The molecule has 4 nitrogen and oxygen atoms in total. The molecule has 1 aromatic rings. The van der Waals surface area contributed by atoms with Crippen molar-refractivity contribution < 1.29 is 0 Å². The lowest BCUT2D eigenvalue weighted by Gasteiger charge is -2.21. The van der Waals surface area contributed by atoms with Crippen molar-refractivity contribution in [3.8, 4) is 0 Å². The Morgan fingerprint density at radius 2 is 2.22 bits per heavy atom. The Morgan fingerprint density at radius 3 is 2.78 bits per heavy atom. The number of aryl methyl sites for hydroxylation is 2. The third-order valence-electron chi connectivity index (χ3n) is 4.03. The van der Waals surface area contributed by atoms with Crippen LogP contribution in [0.2, 0.25) is 0 Å². The summed E-state index contributed by atoms with van der Waals surface area (Å²) in [6, 6.07) is 0.242. The van der Waals surface area contributed by atoms with E-state index >= 15 is 0 Å². The van der Waals surface area contributed by atoms with Gasteiger partial charge in [0.05, 0.1) is 5.69 Å². The van der Waals surface area contributed by atoms with Gasteiger partial charge in [0.1, 0.15) is 5.82 Å². The SMILES string of the molecule is CCC(N)Cc1c(C)nn(C)c1N1CCC(C)C1. The van der Waals surface area contributed by atoms with Crippen LogP contribution >= 0.6 is 0 Å². The Kier molecular flexibility index (Phi) is 3.95. The highest BCUT2D eigenvalue weighted by Crippen LogP contribution is 2.29. The highest BCUT2D eigenvalue weighted by Gasteiger charge is 2.25. The molecule has 0 saturated carbocycles. The zero-order valence-corrected chi connectivity index (χ0v) is 12.1. The van der Waals surface area contributed by atoms with Gasteiger partial charge in [0, 0.05) is 31.7 Å². The van der Waals surface area contributed by atoms with E-state index < -0.39 is 0 Å². The number of anilines is 1. The average Bonchev–Trinajstić information content (AvgIpc) is 2.84. The first-order chi connectivity index (χ1) is 8.52. The normalized spacial score (nSPS) is 21.6. The zero-order valence-electron chi connectivity index (χ0n) is 12.1. The van der Waals surface area contributed by atoms with Crippen LogP contribution in [0.4, 0.5) is 5.82 Å². The van der Waals surface area contributed by atoms with Crippen molar-refractivity contribution in [2.45, 2.75) is 46.1 Å². The summed E-state index contributed by atoms with van der Waals surface area (Å²) in [6.07, 6.45) is 3.24. The molecule has 2 unspecified atom stereocenters. The Bertz CT molecular complexity index is 410. The van der Waals surface area contributed by atoms with Gasteiger partial charge in [0.25, 0.3) is 0 Å². The maximum atomic E-state index is 6.12. The maximum absolute atomic E-state index is 6.12. The Labute approximate surface area is 110 Å². The molecule has 2 heterocycles. The van der Waals surface area contributed by atoms with E-state index in [0.717, 1.165) is 37.5 Å². The molecule has 2 N–H and O–H groups in total. The lowest BCUT2D eigenvalue weighted by molar-refractivity contribution is 0.639. The number of aromatic nitrogens is 2. The molecule has 2 rings (SSSR count). The van der Waals surface area contributed by atoms with Crippen molar-refractivity contribution >= 4 is 5.82 Å². The number of hydrogen-bond acceptors (Lipinski definition) is 3. The van der Waals surface area contributed by atoms with Crippen molar-refractivity contribution in [2.24, 2.45) is 18.7 Å². The number of nitrogens with zero attached hydrogens (tertiary/aromatic N) is 3. The summed E-state index contributed by atoms with van der Waals surface area (Å²) in [5.74, 6) is 2.08. The van der Waals surface area contributed by atoms with Crippen LogP contribution in [-0.2, 0) is 13.5 Å². The molecule has 18 heavy (non-hydrogen) atoms. The quantitative estimate of drug-likeness (QED) is 0.887. The Morgan fingerprint density at radius 1 is 1.50 bits per heavy atom. The first-order valence-electron chi connectivity index (χ1n) is 7.05. The van der Waals surface area contributed by atoms with Crippen molar-refractivity contribution in [3.63, 3.8) is 0 Å². The molecule has 1 aliphatic heterocycles. The van der Waals surface area contributed by atoms with E-state index in [2.05, 4.69) is 30.8 Å². The van der Waals surface area contributed by atoms with E-state index in [0.29, 0.717) is 0 Å². The van der Waals surface area contributed by atoms with Crippen LogP contribution in [0.25, 0.3) is 0 Å². The second-order valence-corrected chi connectivity index (χ2v) is 5.72. The van der Waals surface area contributed by atoms with E-state index in [-0.39, 0.29) is 6.04 Å². The van der Waals surface area contributed by atoms with Crippen molar-refractivity contribution in [1.82, 2.24) is 9.78 Å². The molecule has 0 aromatic carbocycles. The molecule has 1 aliphatic rings. The first kappa shape index (κ1) is 13.4. The molecule has 1 saturated heterocycles. The van der Waals surface area contributed by atoms with Crippen LogP contribution in [-0.4, -0.2) is 28.9 Å². The van der Waals surface area contributed by atoms with Gasteiger partial charge >= 0.3 is 0 Å². The molecule has 4 heteroatoms. The predicted molar refractivity (Wildman–Crippen MR) is 75.9 cm³/mol. The smallest absolute Gasteiger partial charge is 0.130 e. The van der Waals surface area contributed by atoms with E-state index in [1.807, 2.05) is 11.7 Å². The molecule has 0 bridgehead atoms. The molecule has 0 amide bonds. The number of hydrogen-bond donors (Lipinski definition) is 1. The van der Waals surface area contributed by atoms with Crippen LogP contribution in [0.3, 0.4) is 0 Å². The highest BCUT2D eigenvalue weighted by molar-refractivity contribution is 5.51. The minimum Gasteiger partial charge on any atom is -0.356 e. The van der Waals surface area contributed by atoms with Crippen LogP contribution in [0.5, 0.6) is 0 Å². The Hall–Kier alpha value is -1.03. The summed E-state index contributed by atoms with van der Waals surface area (Å²) < 4.78 is 2.03. The number of nitrogens with two attached hydrogens (primary N) is 1. The summed E-state index contributed by atoms with van der Waals surface area (Å²) in [5, 5.41) is 4.59. The van der Waals surface area contributed by atoms with Crippen LogP contribution in [0.15, 0.2) is 0 Å². The second-order valence-electron chi connectivity index (χ2n) is 5.72. The summed E-state index contributed by atoms with van der Waals surface area (Å²) in [7, 11) is 2.05. The van der Waals surface area contributed by atoms with Gasteiger partial charge in [0.15, 0.2) is 0 Å². The van der Waals surface area contributed by atoms with E-state index in [4.69, 9.17) is 5.73 Å². The molecule has 0 radical (unpaired) electrons. The fraction of sp³-hybridized carbons (Fsp3) is 0.786. The van der Waals surface area contributed by atoms with Crippen LogP contribution in [0, 0.1) is 12.8 Å². The molecule has 0 spiro atoms. The molecular weight excluding hydrogens is 224 g/mol. The molecule has 2 atom stereocenters. The largest absolute Gasteiger partial charge is 0.356 e. The van der Waals surface area contributed by atoms with Crippen molar-refractivity contribution in [2.75, 3.05) is 18.0 Å². The molecule has 0 aliphatic carbocycles. The van der Waals surface area contributed by atoms with E-state index in [9.17, 15) is 0 Å². The lowest BCUT2D eigenvalue weighted by Crippen LogP contribution is -2.26. The lowest BCUT2D eigenvalue weighted by atomic mass is 10.0. The monoisotopic (exact) mass is 250 g/mol. The standard InChI is InChI=1S/C14H26N4/c1-5-12(15)8-13-11(3)16-17(4)14(13)18-7-6-10(2)9-18/h10,12H,5-9,15H2,1-4H3. The van der Waals surface area contributed by atoms with Gasteiger partial charge in [-0.15, -0.1) is 0 Å². The minimum absolute atomic E-state index is 0.242. The molecule has 1 aromatic heterocycles. The Balaban J connectivity index is 2.27. The fourth-order valence-electron chi connectivity index (χ4n) is 2.86. The van der Waals surface area contributed by atoms with Crippen LogP contribution in [0.1, 0.15) is 37.9 Å². The molecule has 1 fully saturated rings. The third-order valence-corrected chi connectivity index (χ3v) is 4.03. The van der Waals surface area contributed by atoms with E-state index in [1.165, 1.54) is 17.8 Å². The summed E-state index contributed by atoms with van der Waals surface area (Å²) in [5.41, 5.74) is 8.61. The average molecular weight is 250 g/mol. The fourth-order valence-corrected chi connectivity index (χ4v) is 2.86. The van der Waals surface area contributed by atoms with Gasteiger partial charge in [-0.05, 0) is 32.1 Å². The maximum Gasteiger partial charge on any atom is 0.130 e. The van der Waals surface area contributed by atoms with Crippen molar-refractivity contribution in [1.29, 1.82) is 0 Å². The highest BCUT2D eigenvalue weighted by atomic mass is 15.4. The van der Waals surface area contributed by atoms with Gasteiger partial charge in [-0.2, -0.15) is 5.10 Å². The van der Waals surface area contributed by atoms with E-state index in [1.54, 1.807) is 0 Å². The summed E-state index contributed by atoms with van der Waals surface area (Å²) in [4.78, 5) is 2.47. The summed E-state index contributed by atoms with van der Waals surface area (Å²) >= 11 is 0. The minimum atomic E-state index is 0.242. The predicted octanol–water partition coefficient (Wildman–Crippen LogP) is 1.85. The van der Waals surface area contributed by atoms with Gasteiger partial charge in [-0.1, -0.05) is 13.8 Å². The second kappa shape index (κ2) is 5.31. The van der Waals surface area contributed by atoms with Gasteiger partial charge in [-0.3, -0.25) is 4.68 Å². The van der Waals surface area contributed by atoms with Gasteiger partial charge in [-0.25, -0.2) is 0 Å². The third kappa shape index (κ3) is 2.53. The number of rotatable bonds is 4. The topological polar surface area (TPSA) is 47.1 Å². The molecular formula is C14H26N4.